The number of anilines is 1. The first-order chi connectivity index (χ1) is 9.97. The van der Waals surface area contributed by atoms with Gasteiger partial charge < -0.3 is 11.1 Å². The maximum Gasteiger partial charge on any atom is 0.169 e. The van der Waals surface area contributed by atoms with Crippen LogP contribution in [0.25, 0.3) is 0 Å². The Bertz CT molecular complexity index is 659. The van der Waals surface area contributed by atoms with Gasteiger partial charge in [0.25, 0.3) is 0 Å². The fourth-order valence-electron chi connectivity index (χ4n) is 1.93. The van der Waals surface area contributed by atoms with Gasteiger partial charge >= 0.3 is 0 Å². The molecule has 7 heteroatoms. The van der Waals surface area contributed by atoms with E-state index in [0.29, 0.717) is 12.2 Å². The summed E-state index contributed by atoms with van der Waals surface area (Å²) in [6.07, 6.45) is 2.20. The molecule has 0 bridgehead atoms. The van der Waals surface area contributed by atoms with Crippen molar-refractivity contribution in [3.63, 3.8) is 0 Å². The van der Waals surface area contributed by atoms with Gasteiger partial charge in [0.2, 0.25) is 0 Å². The van der Waals surface area contributed by atoms with Crippen LogP contribution in [0.2, 0.25) is 0 Å². The van der Waals surface area contributed by atoms with Gasteiger partial charge in [-0.25, -0.2) is 13.8 Å². The van der Waals surface area contributed by atoms with Crippen molar-refractivity contribution >= 4 is 39.1 Å². The Morgan fingerprint density at radius 3 is 2.57 bits per heavy atom. The third-order valence-electron chi connectivity index (χ3n) is 2.88. The van der Waals surface area contributed by atoms with E-state index in [1.165, 1.54) is 18.2 Å². The lowest BCUT2D eigenvalue weighted by Crippen LogP contribution is -2.21. The number of halogens is 3. The third kappa shape index (κ3) is 4.18. The number of aryl methyl sites for hydroxylation is 1. The summed E-state index contributed by atoms with van der Waals surface area (Å²) in [7, 11) is 0. The number of hydrogen-bond acceptors (Lipinski definition) is 2. The van der Waals surface area contributed by atoms with E-state index in [2.05, 4.69) is 26.2 Å². The van der Waals surface area contributed by atoms with E-state index < -0.39 is 11.6 Å². The van der Waals surface area contributed by atoms with Gasteiger partial charge in [-0.3, -0.25) is 0 Å². The number of aromatic nitrogens is 1. The van der Waals surface area contributed by atoms with Crippen LogP contribution >= 0.6 is 28.1 Å². The zero-order valence-corrected chi connectivity index (χ0v) is 13.3. The second-order valence-corrected chi connectivity index (χ2v) is 5.71. The zero-order valence-electron chi connectivity index (χ0n) is 10.9. The average Bonchev–Trinajstić information content (AvgIpc) is 2.40. The van der Waals surface area contributed by atoms with Crippen molar-refractivity contribution in [3.05, 3.63) is 57.7 Å². The molecule has 0 aliphatic carbocycles. The molecule has 3 nitrogen and oxygen atoms in total. The summed E-state index contributed by atoms with van der Waals surface area (Å²) >= 11 is 8.10. The Labute approximate surface area is 134 Å². The van der Waals surface area contributed by atoms with Crippen LogP contribution in [-0.4, -0.2) is 10.1 Å². The molecule has 0 amide bonds. The van der Waals surface area contributed by atoms with Gasteiger partial charge in [-0.1, -0.05) is 6.07 Å². The molecule has 3 N–H and O–H groups in total. The molecular formula is C14H12BrF2N3S. The molecule has 0 atom stereocenters. The number of nitrogens with one attached hydrogen (secondary N) is 1. The maximum absolute atomic E-state index is 13.6. The first-order valence-corrected chi connectivity index (χ1v) is 7.31. The van der Waals surface area contributed by atoms with E-state index in [1.54, 1.807) is 6.20 Å². The molecule has 0 aliphatic heterocycles. The third-order valence-corrected chi connectivity index (χ3v) is 3.42. The lowest BCUT2D eigenvalue weighted by atomic mass is 10.0. The predicted molar refractivity (Wildman–Crippen MR) is 86.1 cm³/mol. The lowest BCUT2D eigenvalue weighted by Gasteiger charge is -2.11. The van der Waals surface area contributed by atoms with Crippen molar-refractivity contribution in [1.82, 2.24) is 4.98 Å². The summed E-state index contributed by atoms with van der Waals surface area (Å²) in [4.78, 5) is 4.16. The molecule has 2 rings (SSSR count). The van der Waals surface area contributed by atoms with E-state index in [1.807, 2.05) is 6.07 Å². The Morgan fingerprint density at radius 2 is 1.95 bits per heavy atom. The van der Waals surface area contributed by atoms with E-state index in [4.69, 9.17) is 18.0 Å². The maximum atomic E-state index is 13.6. The lowest BCUT2D eigenvalue weighted by molar-refractivity contribution is 0.554. The first kappa shape index (κ1) is 15.8. The molecule has 0 radical (unpaired) electrons. The summed E-state index contributed by atoms with van der Waals surface area (Å²) in [6.45, 7) is 0. The van der Waals surface area contributed by atoms with Crippen molar-refractivity contribution < 1.29 is 8.78 Å². The molecule has 1 aromatic carbocycles. The minimum atomic E-state index is -0.554. The highest BCUT2D eigenvalue weighted by atomic mass is 79.9. The van der Waals surface area contributed by atoms with Gasteiger partial charge in [0.1, 0.15) is 17.5 Å². The van der Waals surface area contributed by atoms with Crippen LogP contribution in [0.3, 0.4) is 0 Å². The Morgan fingerprint density at radius 1 is 1.29 bits per heavy atom. The smallest absolute Gasteiger partial charge is 0.169 e. The van der Waals surface area contributed by atoms with E-state index >= 15 is 0 Å². The van der Waals surface area contributed by atoms with Crippen LogP contribution in [0, 0.1) is 11.6 Å². The summed E-state index contributed by atoms with van der Waals surface area (Å²) in [6, 6.07) is 5.64. The quantitative estimate of drug-likeness (QED) is 0.806. The number of hydrogen-bond donors (Lipinski definition) is 2. The van der Waals surface area contributed by atoms with Gasteiger partial charge in [0.15, 0.2) is 5.11 Å². The average molecular weight is 372 g/mol. The molecule has 110 valence electrons. The number of thiocarbonyl (C=S) groups is 1. The Hall–Kier alpha value is -1.60. The first-order valence-electron chi connectivity index (χ1n) is 6.11. The number of rotatable bonds is 4. The van der Waals surface area contributed by atoms with Crippen molar-refractivity contribution in [1.29, 1.82) is 0 Å². The van der Waals surface area contributed by atoms with Gasteiger partial charge in [-0.15, -0.1) is 0 Å². The number of nitrogens with zero attached hydrogens (tertiary/aromatic N) is 1. The molecular weight excluding hydrogens is 360 g/mol. The second-order valence-electron chi connectivity index (χ2n) is 4.35. The zero-order chi connectivity index (χ0) is 15.4. The van der Waals surface area contributed by atoms with Crippen molar-refractivity contribution in [2.24, 2.45) is 5.73 Å². The molecule has 0 saturated carbocycles. The number of pyridine rings is 1. The molecule has 0 saturated heterocycles. The highest BCUT2D eigenvalue weighted by Gasteiger charge is 2.11. The monoisotopic (exact) mass is 371 g/mol. The van der Waals surface area contributed by atoms with E-state index in [-0.39, 0.29) is 17.1 Å². The molecule has 0 spiro atoms. The molecule has 2 aromatic rings. The fraction of sp³-hybridized carbons (Fsp3) is 0.143. The van der Waals surface area contributed by atoms with E-state index in [0.717, 1.165) is 10.0 Å². The van der Waals surface area contributed by atoms with Gasteiger partial charge in [-0.05, 0) is 64.8 Å². The van der Waals surface area contributed by atoms with Crippen LogP contribution < -0.4 is 11.1 Å². The van der Waals surface area contributed by atoms with Crippen LogP contribution in [0.15, 0.2) is 34.9 Å². The minimum absolute atomic E-state index is 0.0544. The van der Waals surface area contributed by atoms with Crippen LogP contribution in [0.1, 0.15) is 11.1 Å². The topological polar surface area (TPSA) is 50.9 Å². The Balaban J connectivity index is 2.23. The van der Waals surface area contributed by atoms with Crippen LogP contribution in [-0.2, 0) is 12.8 Å². The SMILES string of the molecule is NC(=S)Nc1ncc(Br)cc1CCc1c(F)cccc1F. The molecule has 0 aliphatic rings. The predicted octanol–water partition coefficient (Wildman–Crippen LogP) is 3.56. The van der Waals surface area contributed by atoms with Crippen LogP contribution in [0.4, 0.5) is 14.6 Å². The fourth-order valence-corrected chi connectivity index (χ4v) is 2.41. The highest BCUT2D eigenvalue weighted by molar-refractivity contribution is 9.10. The largest absolute Gasteiger partial charge is 0.376 e. The molecule has 1 aromatic heterocycles. The van der Waals surface area contributed by atoms with Crippen LogP contribution in [0.5, 0.6) is 0 Å². The standard InChI is InChI=1S/C14H12BrF2N3S/c15-9-6-8(13(19-7-9)20-14(18)21)4-5-10-11(16)2-1-3-12(10)17/h1-3,6-7H,4-5H2,(H3,18,19,20,21). The summed E-state index contributed by atoms with van der Waals surface area (Å²) in [5.74, 6) is -0.619. The molecule has 21 heavy (non-hydrogen) atoms. The van der Waals surface area contributed by atoms with E-state index in [9.17, 15) is 8.78 Å². The number of nitrogens with two attached hydrogens (primary N) is 1. The van der Waals surface area contributed by atoms with Gasteiger partial charge in [-0.2, -0.15) is 0 Å². The van der Waals surface area contributed by atoms with Gasteiger partial charge in [0, 0.05) is 16.2 Å². The Kier molecular flexibility index (Phi) is 5.19. The van der Waals surface area contributed by atoms with Crippen molar-refractivity contribution in [2.75, 3.05) is 5.32 Å². The minimum Gasteiger partial charge on any atom is -0.376 e. The molecule has 0 fully saturated rings. The molecule has 1 heterocycles. The number of benzene rings is 1. The van der Waals surface area contributed by atoms with Gasteiger partial charge in [0.05, 0.1) is 0 Å². The molecule has 0 unspecified atom stereocenters. The second kappa shape index (κ2) is 6.91. The normalized spacial score (nSPS) is 10.4. The summed E-state index contributed by atoms with van der Waals surface area (Å²) in [5.41, 5.74) is 6.25. The summed E-state index contributed by atoms with van der Waals surface area (Å²) in [5, 5.41) is 2.84. The highest BCUT2D eigenvalue weighted by Crippen LogP contribution is 2.21. The van der Waals surface area contributed by atoms with Crippen molar-refractivity contribution in [3.8, 4) is 0 Å². The summed E-state index contributed by atoms with van der Waals surface area (Å²) < 4.78 is 28.0. The van der Waals surface area contributed by atoms with Crippen molar-refractivity contribution in [2.45, 2.75) is 12.8 Å².